The molecule has 0 N–H and O–H groups in total. The molecule has 0 spiro atoms. The van der Waals surface area contributed by atoms with Crippen molar-refractivity contribution < 1.29 is 4.79 Å². The molecule has 2 aromatic carbocycles. The highest BCUT2D eigenvalue weighted by molar-refractivity contribution is 5.95. The van der Waals surface area contributed by atoms with Crippen molar-refractivity contribution in [3.05, 3.63) is 102 Å². The monoisotopic (exact) mass is 410 g/mol. The molecule has 5 rings (SSSR count). The molecular weight excluding hydrogens is 384 g/mol. The average molecular weight is 411 g/mol. The second kappa shape index (κ2) is 8.72. The van der Waals surface area contributed by atoms with Crippen molar-refractivity contribution in [2.75, 3.05) is 13.1 Å². The van der Waals surface area contributed by atoms with Crippen molar-refractivity contribution >= 4 is 11.6 Å². The van der Waals surface area contributed by atoms with E-state index in [0.717, 1.165) is 54.8 Å². The first-order valence-corrected chi connectivity index (χ1v) is 11.0. The molecule has 4 aromatic rings. The summed E-state index contributed by atoms with van der Waals surface area (Å²) in [4.78, 5) is 15.5. The molecule has 1 fully saturated rings. The maximum Gasteiger partial charge on any atom is 0.254 e. The van der Waals surface area contributed by atoms with Gasteiger partial charge in [0.15, 0.2) is 5.65 Å². The van der Waals surface area contributed by atoms with E-state index in [1.807, 2.05) is 58.0 Å². The van der Waals surface area contributed by atoms with Crippen LogP contribution in [-0.2, 0) is 12.8 Å². The van der Waals surface area contributed by atoms with E-state index in [0.29, 0.717) is 6.54 Å². The molecule has 1 aliphatic rings. The lowest BCUT2D eigenvalue weighted by atomic mass is 9.95. The van der Waals surface area contributed by atoms with Crippen molar-refractivity contribution in [2.45, 2.75) is 31.6 Å². The van der Waals surface area contributed by atoms with Crippen LogP contribution >= 0.6 is 0 Å². The number of hydrogen-bond donors (Lipinski definition) is 0. The number of hydrogen-bond acceptors (Lipinski definition) is 3. The van der Waals surface area contributed by atoms with Crippen molar-refractivity contribution in [3.63, 3.8) is 0 Å². The summed E-state index contributed by atoms with van der Waals surface area (Å²) in [5.41, 5.74) is 4.09. The van der Waals surface area contributed by atoms with E-state index in [-0.39, 0.29) is 11.8 Å². The third kappa shape index (κ3) is 4.08. The van der Waals surface area contributed by atoms with Gasteiger partial charge in [-0.05, 0) is 55.0 Å². The fourth-order valence-electron chi connectivity index (χ4n) is 4.55. The van der Waals surface area contributed by atoms with Gasteiger partial charge in [0.2, 0.25) is 0 Å². The molecular formula is C26H26N4O. The summed E-state index contributed by atoms with van der Waals surface area (Å²) in [5.74, 6) is 1.28. The number of aryl methyl sites for hydroxylation is 2. The zero-order chi connectivity index (χ0) is 21.0. The van der Waals surface area contributed by atoms with Crippen LogP contribution < -0.4 is 0 Å². The molecule has 1 unspecified atom stereocenters. The molecule has 3 heterocycles. The van der Waals surface area contributed by atoms with Crippen LogP contribution in [0.5, 0.6) is 0 Å². The normalized spacial score (nSPS) is 16.5. The summed E-state index contributed by atoms with van der Waals surface area (Å²) >= 11 is 0. The van der Waals surface area contributed by atoms with Crippen molar-refractivity contribution in [3.8, 4) is 0 Å². The maximum absolute atomic E-state index is 13.5. The lowest BCUT2D eigenvalue weighted by Crippen LogP contribution is -2.40. The van der Waals surface area contributed by atoms with Gasteiger partial charge in [-0.3, -0.25) is 9.20 Å². The summed E-state index contributed by atoms with van der Waals surface area (Å²) < 4.78 is 2.05. The number of benzene rings is 2. The second-order valence-electron chi connectivity index (χ2n) is 8.22. The fourth-order valence-corrected chi connectivity index (χ4v) is 4.55. The third-order valence-corrected chi connectivity index (χ3v) is 6.19. The highest BCUT2D eigenvalue weighted by atomic mass is 16.2. The topological polar surface area (TPSA) is 50.5 Å². The van der Waals surface area contributed by atoms with E-state index in [2.05, 4.69) is 40.5 Å². The van der Waals surface area contributed by atoms with Gasteiger partial charge < -0.3 is 4.90 Å². The standard InChI is InChI=1S/C26H26N4O/c31-26(23-13-5-4-11-21(23)16-15-20-9-2-1-3-10-20)29-17-8-12-22(19-29)25-28-27-24-14-6-7-18-30(24)25/h1-7,9-11,13-14,18,22H,8,12,15-17,19H2. The predicted octanol–water partition coefficient (Wildman–Crippen LogP) is 4.53. The number of likely N-dealkylation sites (tertiary alicyclic amines) is 1. The molecule has 0 radical (unpaired) electrons. The molecule has 0 saturated carbocycles. The quantitative estimate of drug-likeness (QED) is 0.486. The lowest BCUT2D eigenvalue weighted by molar-refractivity contribution is 0.0703. The van der Waals surface area contributed by atoms with E-state index >= 15 is 0 Å². The highest BCUT2D eigenvalue weighted by Crippen LogP contribution is 2.27. The smallest absolute Gasteiger partial charge is 0.254 e. The maximum atomic E-state index is 13.5. The Balaban J connectivity index is 1.34. The van der Waals surface area contributed by atoms with E-state index in [4.69, 9.17) is 0 Å². The van der Waals surface area contributed by atoms with Crippen molar-refractivity contribution in [1.82, 2.24) is 19.5 Å². The first-order chi connectivity index (χ1) is 15.3. The van der Waals surface area contributed by atoms with Crippen LogP contribution in [0.25, 0.3) is 5.65 Å². The van der Waals surface area contributed by atoms with Crippen LogP contribution in [0, 0.1) is 0 Å². The molecule has 2 aromatic heterocycles. The van der Waals surface area contributed by atoms with Crippen LogP contribution in [0.4, 0.5) is 0 Å². The Labute approximate surface area is 182 Å². The molecule has 0 aliphatic carbocycles. The molecule has 31 heavy (non-hydrogen) atoms. The van der Waals surface area contributed by atoms with Crippen LogP contribution in [0.3, 0.4) is 0 Å². The minimum absolute atomic E-state index is 0.127. The Kier molecular flexibility index (Phi) is 5.48. The van der Waals surface area contributed by atoms with Crippen molar-refractivity contribution in [2.24, 2.45) is 0 Å². The number of carbonyl (C=O) groups is 1. The number of piperidine rings is 1. The Morgan fingerprint density at radius 3 is 2.61 bits per heavy atom. The largest absolute Gasteiger partial charge is 0.338 e. The van der Waals surface area contributed by atoms with Crippen LogP contribution in [0.15, 0.2) is 79.0 Å². The van der Waals surface area contributed by atoms with Crippen molar-refractivity contribution in [1.29, 1.82) is 0 Å². The van der Waals surface area contributed by atoms with Gasteiger partial charge >= 0.3 is 0 Å². The third-order valence-electron chi connectivity index (χ3n) is 6.19. The number of aromatic nitrogens is 3. The SMILES string of the molecule is O=C(c1ccccc1CCc1ccccc1)N1CCCC(c2nnc3ccccn23)C1. The van der Waals surface area contributed by atoms with E-state index in [9.17, 15) is 4.79 Å². The van der Waals surface area contributed by atoms with Gasteiger partial charge in [-0.2, -0.15) is 0 Å². The average Bonchev–Trinajstić information content (AvgIpc) is 3.27. The van der Waals surface area contributed by atoms with Gasteiger partial charge in [0.1, 0.15) is 5.82 Å². The van der Waals surface area contributed by atoms with Gasteiger partial charge in [-0.25, -0.2) is 0 Å². The molecule has 1 aliphatic heterocycles. The number of pyridine rings is 1. The highest BCUT2D eigenvalue weighted by Gasteiger charge is 2.29. The minimum Gasteiger partial charge on any atom is -0.338 e. The molecule has 5 nitrogen and oxygen atoms in total. The Morgan fingerprint density at radius 1 is 0.903 bits per heavy atom. The molecule has 5 heteroatoms. The number of rotatable bonds is 5. The van der Waals surface area contributed by atoms with Crippen LogP contribution in [0.1, 0.15) is 46.1 Å². The molecule has 0 bridgehead atoms. The zero-order valence-corrected chi connectivity index (χ0v) is 17.5. The predicted molar refractivity (Wildman–Crippen MR) is 121 cm³/mol. The van der Waals surface area contributed by atoms with E-state index < -0.39 is 0 Å². The van der Waals surface area contributed by atoms with Gasteiger partial charge in [0.25, 0.3) is 5.91 Å². The molecule has 156 valence electrons. The lowest BCUT2D eigenvalue weighted by Gasteiger charge is -2.32. The number of amides is 1. The number of fused-ring (bicyclic) bond motifs is 1. The van der Waals surface area contributed by atoms with Crippen LogP contribution in [0.2, 0.25) is 0 Å². The number of nitrogens with zero attached hydrogens (tertiary/aromatic N) is 4. The van der Waals surface area contributed by atoms with Gasteiger partial charge in [0, 0.05) is 30.8 Å². The first-order valence-electron chi connectivity index (χ1n) is 11.0. The first kappa shape index (κ1) is 19.5. The summed E-state index contributed by atoms with van der Waals surface area (Å²) in [6.45, 7) is 1.47. The van der Waals surface area contributed by atoms with E-state index in [1.54, 1.807) is 0 Å². The summed E-state index contributed by atoms with van der Waals surface area (Å²) in [5, 5.41) is 8.74. The summed E-state index contributed by atoms with van der Waals surface area (Å²) in [6, 6.07) is 24.4. The van der Waals surface area contributed by atoms with Gasteiger partial charge in [-0.15, -0.1) is 10.2 Å². The Bertz CT molecular complexity index is 1180. The summed E-state index contributed by atoms with van der Waals surface area (Å²) in [7, 11) is 0. The van der Waals surface area contributed by atoms with Gasteiger partial charge in [0.05, 0.1) is 0 Å². The molecule has 1 saturated heterocycles. The second-order valence-corrected chi connectivity index (χ2v) is 8.22. The fraction of sp³-hybridized carbons (Fsp3) is 0.269. The van der Waals surface area contributed by atoms with Gasteiger partial charge in [-0.1, -0.05) is 54.6 Å². The molecule has 1 atom stereocenters. The summed E-state index contributed by atoms with van der Waals surface area (Å²) in [6.07, 6.45) is 5.79. The van der Waals surface area contributed by atoms with Crippen LogP contribution in [-0.4, -0.2) is 38.5 Å². The minimum atomic E-state index is 0.127. The zero-order valence-electron chi connectivity index (χ0n) is 17.5. The Morgan fingerprint density at radius 2 is 1.71 bits per heavy atom. The number of carbonyl (C=O) groups excluding carboxylic acids is 1. The molecule has 1 amide bonds. The van der Waals surface area contributed by atoms with E-state index in [1.165, 1.54) is 5.56 Å². The Hall–Kier alpha value is -3.47.